The molecule has 0 amide bonds. The fourth-order valence-electron chi connectivity index (χ4n) is 2.68. The summed E-state index contributed by atoms with van der Waals surface area (Å²) in [6, 6.07) is 3.80. The highest BCUT2D eigenvalue weighted by atomic mass is 16.5. The molecule has 0 fully saturated rings. The van der Waals surface area contributed by atoms with Crippen LogP contribution in [0.2, 0.25) is 0 Å². The number of aliphatic hydroxyl groups excluding tert-OH is 1. The maximum absolute atomic E-state index is 9.10. The van der Waals surface area contributed by atoms with Gasteiger partial charge in [-0.2, -0.15) is 5.10 Å². The van der Waals surface area contributed by atoms with Gasteiger partial charge in [0, 0.05) is 30.3 Å². The summed E-state index contributed by atoms with van der Waals surface area (Å²) < 4.78 is 7.97. The molecular formula is C16H21N3O2. The number of fused-ring (bicyclic) bond motifs is 1. The fourth-order valence-corrected chi connectivity index (χ4v) is 2.68. The van der Waals surface area contributed by atoms with E-state index in [0.717, 1.165) is 35.7 Å². The Morgan fingerprint density at radius 1 is 1.43 bits per heavy atom. The molecule has 0 saturated carbocycles. The third-order valence-electron chi connectivity index (χ3n) is 3.84. The summed E-state index contributed by atoms with van der Waals surface area (Å²) in [4.78, 5) is 4.26. The standard InChI is InChI=1S/C16H21N3O2/c1-10(2)14-15(12-4-5-13(9-20)17-8-12)18-19-7-6-11(3)21-16(14)19/h4-5,8,10-11,20H,6-7,9H2,1-3H3/t11-/m1/s1. The summed E-state index contributed by atoms with van der Waals surface area (Å²) in [7, 11) is 0. The molecule has 1 N–H and O–H groups in total. The summed E-state index contributed by atoms with van der Waals surface area (Å²) in [6.45, 7) is 7.24. The zero-order chi connectivity index (χ0) is 15.0. The van der Waals surface area contributed by atoms with E-state index in [4.69, 9.17) is 14.9 Å². The molecule has 0 radical (unpaired) electrons. The minimum Gasteiger partial charge on any atom is -0.475 e. The third-order valence-corrected chi connectivity index (χ3v) is 3.84. The highest BCUT2D eigenvalue weighted by Gasteiger charge is 2.27. The zero-order valence-electron chi connectivity index (χ0n) is 12.7. The van der Waals surface area contributed by atoms with Crippen LogP contribution in [0.1, 0.15) is 44.4 Å². The van der Waals surface area contributed by atoms with Crippen molar-refractivity contribution < 1.29 is 9.84 Å². The molecule has 3 heterocycles. The van der Waals surface area contributed by atoms with Gasteiger partial charge in [-0.25, -0.2) is 4.68 Å². The molecule has 0 aliphatic carbocycles. The molecule has 0 saturated heterocycles. The van der Waals surface area contributed by atoms with Gasteiger partial charge in [-0.1, -0.05) is 13.8 Å². The maximum atomic E-state index is 9.10. The quantitative estimate of drug-likeness (QED) is 0.943. The summed E-state index contributed by atoms with van der Waals surface area (Å²) in [6.07, 6.45) is 2.98. The lowest BCUT2D eigenvalue weighted by molar-refractivity contribution is 0.147. The van der Waals surface area contributed by atoms with Crippen LogP contribution in [0.3, 0.4) is 0 Å². The summed E-state index contributed by atoms with van der Waals surface area (Å²) in [5, 5.41) is 13.8. The Morgan fingerprint density at radius 2 is 2.24 bits per heavy atom. The number of hydrogen-bond acceptors (Lipinski definition) is 4. The molecule has 3 rings (SSSR count). The zero-order valence-corrected chi connectivity index (χ0v) is 12.7. The lowest BCUT2D eigenvalue weighted by Gasteiger charge is -2.23. The average Bonchev–Trinajstić information content (AvgIpc) is 2.86. The van der Waals surface area contributed by atoms with Crippen molar-refractivity contribution in [3.63, 3.8) is 0 Å². The first-order chi connectivity index (χ1) is 10.1. The van der Waals surface area contributed by atoms with Crippen LogP contribution >= 0.6 is 0 Å². The Labute approximate surface area is 124 Å². The van der Waals surface area contributed by atoms with E-state index in [2.05, 4.69) is 25.8 Å². The molecule has 1 aliphatic heterocycles. The Balaban J connectivity index is 2.09. The van der Waals surface area contributed by atoms with Crippen LogP contribution in [-0.4, -0.2) is 26.0 Å². The van der Waals surface area contributed by atoms with Crippen molar-refractivity contribution in [2.24, 2.45) is 0 Å². The van der Waals surface area contributed by atoms with Gasteiger partial charge in [-0.3, -0.25) is 4.98 Å². The molecule has 1 aliphatic rings. The van der Waals surface area contributed by atoms with E-state index in [1.54, 1.807) is 6.20 Å². The van der Waals surface area contributed by atoms with Gasteiger partial charge in [0.05, 0.1) is 18.4 Å². The van der Waals surface area contributed by atoms with E-state index in [1.165, 1.54) is 0 Å². The minimum absolute atomic E-state index is 0.0440. The molecule has 2 aromatic rings. The summed E-state index contributed by atoms with van der Waals surface area (Å²) >= 11 is 0. The summed E-state index contributed by atoms with van der Waals surface area (Å²) in [5.41, 5.74) is 3.71. The van der Waals surface area contributed by atoms with Crippen molar-refractivity contribution in [3.8, 4) is 17.1 Å². The van der Waals surface area contributed by atoms with Crippen LogP contribution in [0, 0.1) is 0 Å². The molecule has 2 aromatic heterocycles. The van der Waals surface area contributed by atoms with Crippen LogP contribution in [0.25, 0.3) is 11.3 Å². The van der Waals surface area contributed by atoms with E-state index in [0.29, 0.717) is 11.6 Å². The molecule has 112 valence electrons. The lowest BCUT2D eigenvalue weighted by atomic mass is 9.99. The van der Waals surface area contributed by atoms with Gasteiger partial charge in [-0.05, 0) is 25.0 Å². The van der Waals surface area contributed by atoms with Gasteiger partial charge in [0.1, 0.15) is 5.69 Å². The number of hydrogen-bond donors (Lipinski definition) is 1. The topological polar surface area (TPSA) is 60.2 Å². The van der Waals surface area contributed by atoms with E-state index in [1.807, 2.05) is 16.8 Å². The molecule has 21 heavy (non-hydrogen) atoms. The number of pyridine rings is 1. The van der Waals surface area contributed by atoms with Gasteiger partial charge in [0.2, 0.25) is 5.88 Å². The van der Waals surface area contributed by atoms with Crippen LogP contribution in [0.15, 0.2) is 18.3 Å². The number of rotatable bonds is 3. The Bertz CT molecular complexity index is 632. The van der Waals surface area contributed by atoms with Crippen molar-refractivity contribution in [1.82, 2.24) is 14.8 Å². The van der Waals surface area contributed by atoms with E-state index in [-0.39, 0.29) is 12.7 Å². The third kappa shape index (κ3) is 2.53. The number of ether oxygens (including phenoxy) is 1. The van der Waals surface area contributed by atoms with Crippen molar-refractivity contribution in [2.45, 2.75) is 52.4 Å². The Kier molecular flexibility index (Phi) is 3.68. The number of nitrogens with zero attached hydrogens (tertiary/aromatic N) is 3. The summed E-state index contributed by atoms with van der Waals surface area (Å²) in [5.74, 6) is 1.22. The van der Waals surface area contributed by atoms with Gasteiger partial charge in [0.15, 0.2) is 0 Å². The van der Waals surface area contributed by atoms with Crippen molar-refractivity contribution in [1.29, 1.82) is 0 Å². The molecule has 0 aromatic carbocycles. The van der Waals surface area contributed by atoms with Gasteiger partial charge in [-0.15, -0.1) is 0 Å². The second-order valence-electron chi connectivity index (χ2n) is 5.86. The minimum atomic E-state index is -0.0440. The second-order valence-corrected chi connectivity index (χ2v) is 5.86. The first-order valence-electron chi connectivity index (χ1n) is 7.43. The lowest BCUT2D eigenvalue weighted by Crippen LogP contribution is -2.23. The van der Waals surface area contributed by atoms with Crippen LogP contribution in [-0.2, 0) is 13.2 Å². The van der Waals surface area contributed by atoms with Gasteiger partial charge in [0.25, 0.3) is 0 Å². The van der Waals surface area contributed by atoms with Crippen LogP contribution in [0.4, 0.5) is 0 Å². The SMILES string of the molecule is CC(C)c1c(-c2ccc(CO)nc2)nn2c1O[C@H](C)CC2. The Morgan fingerprint density at radius 3 is 2.86 bits per heavy atom. The van der Waals surface area contributed by atoms with Crippen molar-refractivity contribution >= 4 is 0 Å². The number of aromatic nitrogens is 3. The molecular weight excluding hydrogens is 266 g/mol. The smallest absolute Gasteiger partial charge is 0.216 e. The van der Waals surface area contributed by atoms with E-state index in [9.17, 15) is 0 Å². The molecule has 1 atom stereocenters. The molecule has 5 heteroatoms. The van der Waals surface area contributed by atoms with E-state index < -0.39 is 0 Å². The Hall–Kier alpha value is -1.88. The van der Waals surface area contributed by atoms with Gasteiger partial charge >= 0.3 is 0 Å². The first kappa shape index (κ1) is 14.1. The predicted molar refractivity (Wildman–Crippen MR) is 80.2 cm³/mol. The number of aryl methyl sites for hydroxylation is 1. The van der Waals surface area contributed by atoms with Gasteiger partial charge < -0.3 is 9.84 Å². The highest BCUT2D eigenvalue weighted by molar-refractivity contribution is 5.65. The fraction of sp³-hybridized carbons (Fsp3) is 0.500. The predicted octanol–water partition coefficient (Wildman–Crippen LogP) is 2.73. The van der Waals surface area contributed by atoms with Crippen LogP contribution < -0.4 is 4.74 Å². The molecule has 5 nitrogen and oxygen atoms in total. The monoisotopic (exact) mass is 287 g/mol. The largest absolute Gasteiger partial charge is 0.475 e. The van der Waals surface area contributed by atoms with Crippen molar-refractivity contribution in [3.05, 3.63) is 29.6 Å². The molecule has 0 spiro atoms. The maximum Gasteiger partial charge on any atom is 0.216 e. The molecule has 0 bridgehead atoms. The highest BCUT2D eigenvalue weighted by Crippen LogP contribution is 2.38. The second kappa shape index (κ2) is 5.48. The van der Waals surface area contributed by atoms with Crippen molar-refractivity contribution in [2.75, 3.05) is 0 Å². The van der Waals surface area contributed by atoms with E-state index >= 15 is 0 Å². The average molecular weight is 287 g/mol. The normalized spacial score (nSPS) is 17.7. The first-order valence-corrected chi connectivity index (χ1v) is 7.43. The van der Waals surface area contributed by atoms with Crippen LogP contribution in [0.5, 0.6) is 5.88 Å². The molecule has 0 unspecified atom stereocenters. The number of aliphatic hydroxyl groups is 1.